The van der Waals surface area contributed by atoms with Crippen LogP contribution in [0, 0.1) is 11.8 Å². The lowest BCUT2D eigenvalue weighted by molar-refractivity contribution is -0.142. The van der Waals surface area contributed by atoms with Crippen LogP contribution in [0.2, 0.25) is 0 Å². The Labute approximate surface area is 111 Å². The van der Waals surface area contributed by atoms with Crippen LogP contribution < -0.4 is 4.74 Å². The van der Waals surface area contributed by atoms with Gasteiger partial charge in [0.05, 0.1) is 13.0 Å². The quantitative estimate of drug-likeness (QED) is 0.897. The summed E-state index contributed by atoms with van der Waals surface area (Å²) in [4.78, 5) is 24.9. The number of carboxylic acids is 1. The molecule has 1 heterocycles. The molecule has 1 aliphatic rings. The second-order valence-electron chi connectivity index (χ2n) is 4.86. The van der Waals surface area contributed by atoms with Crippen molar-refractivity contribution < 1.29 is 19.4 Å². The molecular weight excluding hydrogens is 246 g/mol. The van der Waals surface area contributed by atoms with E-state index in [1.807, 2.05) is 6.92 Å². The van der Waals surface area contributed by atoms with Crippen LogP contribution in [0.3, 0.4) is 0 Å². The number of rotatable bonds is 3. The van der Waals surface area contributed by atoms with Gasteiger partial charge in [-0.3, -0.25) is 9.59 Å². The number of nitrogens with zero attached hydrogens (tertiary/aromatic N) is 1. The molecule has 0 spiro atoms. The molecule has 2 rings (SSSR count). The molecule has 1 fully saturated rings. The van der Waals surface area contributed by atoms with E-state index in [4.69, 9.17) is 9.84 Å². The van der Waals surface area contributed by atoms with Crippen LogP contribution in [0.15, 0.2) is 24.3 Å². The Morgan fingerprint density at radius 2 is 1.89 bits per heavy atom. The molecular formula is C14H17NO4. The van der Waals surface area contributed by atoms with Crippen LogP contribution in [0.4, 0.5) is 0 Å². The maximum absolute atomic E-state index is 12.3. The summed E-state index contributed by atoms with van der Waals surface area (Å²) in [5.41, 5.74) is 0.555. The monoisotopic (exact) mass is 263 g/mol. The average molecular weight is 263 g/mol. The van der Waals surface area contributed by atoms with Gasteiger partial charge in [-0.25, -0.2) is 0 Å². The number of hydrogen-bond acceptors (Lipinski definition) is 3. The highest BCUT2D eigenvalue weighted by atomic mass is 16.5. The molecule has 1 amide bonds. The van der Waals surface area contributed by atoms with Crippen LogP contribution in [0.1, 0.15) is 17.3 Å². The fourth-order valence-corrected chi connectivity index (χ4v) is 2.37. The molecule has 0 saturated carbocycles. The number of hydrogen-bond donors (Lipinski definition) is 1. The molecule has 0 radical (unpaired) electrons. The molecule has 1 aromatic carbocycles. The predicted molar refractivity (Wildman–Crippen MR) is 69.2 cm³/mol. The highest BCUT2D eigenvalue weighted by molar-refractivity contribution is 5.95. The van der Waals surface area contributed by atoms with E-state index in [0.29, 0.717) is 17.9 Å². The summed E-state index contributed by atoms with van der Waals surface area (Å²) in [6.45, 7) is 2.63. The van der Waals surface area contributed by atoms with E-state index in [9.17, 15) is 9.59 Å². The number of aliphatic carboxylic acids is 1. The van der Waals surface area contributed by atoms with Crippen molar-refractivity contribution in [2.75, 3.05) is 20.2 Å². The van der Waals surface area contributed by atoms with Gasteiger partial charge in [-0.05, 0) is 30.2 Å². The minimum absolute atomic E-state index is 0.0142. The zero-order valence-electron chi connectivity index (χ0n) is 11.0. The molecule has 19 heavy (non-hydrogen) atoms. The molecule has 0 aliphatic carbocycles. The Morgan fingerprint density at radius 3 is 2.37 bits per heavy atom. The van der Waals surface area contributed by atoms with Gasteiger partial charge in [0.25, 0.3) is 5.91 Å². The number of carbonyl (C=O) groups is 2. The van der Waals surface area contributed by atoms with Crippen LogP contribution in [-0.4, -0.2) is 42.1 Å². The minimum atomic E-state index is -0.836. The third kappa shape index (κ3) is 2.70. The number of benzene rings is 1. The number of methoxy groups -OCH3 is 1. The van der Waals surface area contributed by atoms with E-state index in [1.165, 1.54) is 0 Å². The van der Waals surface area contributed by atoms with Crippen molar-refractivity contribution in [3.63, 3.8) is 0 Å². The summed E-state index contributed by atoms with van der Waals surface area (Å²) >= 11 is 0. The van der Waals surface area contributed by atoms with Gasteiger partial charge >= 0.3 is 5.97 Å². The highest BCUT2D eigenvalue weighted by Crippen LogP contribution is 2.25. The van der Waals surface area contributed by atoms with Gasteiger partial charge in [0, 0.05) is 18.7 Å². The number of amides is 1. The molecule has 1 aromatic rings. The first-order chi connectivity index (χ1) is 9.02. The zero-order chi connectivity index (χ0) is 14.0. The number of ether oxygens (including phenoxy) is 1. The molecule has 1 aliphatic heterocycles. The predicted octanol–water partition coefficient (Wildman–Crippen LogP) is 1.49. The largest absolute Gasteiger partial charge is 0.497 e. The van der Waals surface area contributed by atoms with Crippen LogP contribution >= 0.6 is 0 Å². The molecule has 5 nitrogen and oxygen atoms in total. The topological polar surface area (TPSA) is 66.8 Å². The first-order valence-corrected chi connectivity index (χ1v) is 6.19. The molecule has 1 saturated heterocycles. The Hall–Kier alpha value is -2.04. The summed E-state index contributed by atoms with van der Waals surface area (Å²) in [7, 11) is 1.57. The van der Waals surface area contributed by atoms with Gasteiger partial charge in [-0.1, -0.05) is 6.92 Å². The van der Waals surface area contributed by atoms with Crippen LogP contribution in [-0.2, 0) is 4.79 Å². The normalized spacial score (nSPS) is 22.3. The molecule has 102 valence electrons. The van der Waals surface area contributed by atoms with Gasteiger partial charge in [0.15, 0.2) is 0 Å². The summed E-state index contributed by atoms with van der Waals surface area (Å²) in [6.07, 6.45) is 0. The van der Waals surface area contributed by atoms with E-state index >= 15 is 0 Å². The summed E-state index contributed by atoms with van der Waals surface area (Å²) in [5.74, 6) is -0.757. The molecule has 1 N–H and O–H groups in total. The van der Waals surface area contributed by atoms with E-state index < -0.39 is 11.9 Å². The van der Waals surface area contributed by atoms with Gasteiger partial charge in [0.2, 0.25) is 0 Å². The fourth-order valence-electron chi connectivity index (χ4n) is 2.37. The highest BCUT2D eigenvalue weighted by Gasteiger charge is 2.37. The van der Waals surface area contributed by atoms with Gasteiger partial charge in [-0.2, -0.15) is 0 Å². The maximum Gasteiger partial charge on any atom is 0.308 e. The maximum atomic E-state index is 12.3. The Kier molecular flexibility index (Phi) is 3.74. The van der Waals surface area contributed by atoms with Gasteiger partial charge < -0.3 is 14.7 Å². The van der Waals surface area contributed by atoms with E-state index in [2.05, 4.69) is 0 Å². The third-order valence-electron chi connectivity index (χ3n) is 3.55. The first kappa shape index (κ1) is 13.4. The SMILES string of the molecule is COc1ccc(C(=O)N2CC(C)C(C(=O)O)C2)cc1. The second-order valence-corrected chi connectivity index (χ2v) is 4.86. The number of carbonyl (C=O) groups excluding carboxylic acids is 1. The van der Waals surface area contributed by atoms with Crippen molar-refractivity contribution in [2.45, 2.75) is 6.92 Å². The second kappa shape index (κ2) is 5.30. The van der Waals surface area contributed by atoms with Crippen molar-refractivity contribution in [2.24, 2.45) is 11.8 Å². The van der Waals surface area contributed by atoms with Crippen LogP contribution in [0.25, 0.3) is 0 Å². The number of carboxylic acid groups (broad SMARTS) is 1. The summed E-state index contributed by atoms with van der Waals surface area (Å²) in [6, 6.07) is 6.84. The fraction of sp³-hybridized carbons (Fsp3) is 0.429. The lowest BCUT2D eigenvalue weighted by atomic mass is 9.99. The summed E-state index contributed by atoms with van der Waals surface area (Å²) in [5, 5.41) is 9.07. The van der Waals surface area contributed by atoms with E-state index in [1.54, 1.807) is 36.3 Å². The van der Waals surface area contributed by atoms with Crippen molar-refractivity contribution in [1.29, 1.82) is 0 Å². The minimum Gasteiger partial charge on any atom is -0.497 e. The third-order valence-corrected chi connectivity index (χ3v) is 3.55. The lowest BCUT2D eigenvalue weighted by Crippen LogP contribution is -2.29. The zero-order valence-corrected chi connectivity index (χ0v) is 11.0. The van der Waals surface area contributed by atoms with Crippen molar-refractivity contribution >= 4 is 11.9 Å². The molecule has 0 bridgehead atoms. The molecule has 2 unspecified atom stereocenters. The van der Waals surface area contributed by atoms with Crippen LogP contribution in [0.5, 0.6) is 5.75 Å². The van der Waals surface area contributed by atoms with Crippen molar-refractivity contribution in [3.05, 3.63) is 29.8 Å². The lowest BCUT2D eigenvalue weighted by Gasteiger charge is -2.16. The van der Waals surface area contributed by atoms with Gasteiger partial charge in [-0.15, -0.1) is 0 Å². The molecule has 2 atom stereocenters. The standard InChI is InChI=1S/C14H17NO4/c1-9-7-15(8-12(9)14(17)18)13(16)10-3-5-11(19-2)6-4-10/h3-6,9,12H,7-8H2,1-2H3,(H,17,18). The molecule has 0 aromatic heterocycles. The van der Waals surface area contributed by atoms with Crippen molar-refractivity contribution in [3.8, 4) is 5.75 Å². The van der Waals surface area contributed by atoms with Crippen molar-refractivity contribution in [1.82, 2.24) is 4.90 Å². The first-order valence-electron chi connectivity index (χ1n) is 6.19. The van der Waals surface area contributed by atoms with Gasteiger partial charge in [0.1, 0.15) is 5.75 Å². The van der Waals surface area contributed by atoms with E-state index in [-0.39, 0.29) is 18.4 Å². The molecule has 5 heteroatoms. The Morgan fingerprint density at radius 1 is 1.26 bits per heavy atom. The smallest absolute Gasteiger partial charge is 0.308 e. The Bertz CT molecular complexity index is 483. The average Bonchev–Trinajstić information content (AvgIpc) is 2.80. The summed E-state index contributed by atoms with van der Waals surface area (Å²) < 4.78 is 5.04. The van der Waals surface area contributed by atoms with E-state index in [0.717, 1.165) is 0 Å². The Balaban J connectivity index is 2.10. The number of likely N-dealkylation sites (tertiary alicyclic amines) is 1.